The van der Waals surface area contributed by atoms with Crippen LogP contribution in [0.3, 0.4) is 0 Å². The van der Waals surface area contributed by atoms with E-state index in [1.165, 1.54) is 30.6 Å². The van der Waals surface area contributed by atoms with Crippen LogP contribution in [0, 0.1) is 17.8 Å². The summed E-state index contributed by atoms with van der Waals surface area (Å²) in [6, 6.07) is 4.49. The van der Waals surface area contributed by atoms with Crippen LogP contribution < -0.4 is 0 Å². The van der Waals surface area contributed by atoms with Crippen LogP contribution in [0.15, 0.2) is 17.0 Å². The van der Waals surface area contributed by atoms with Gasteiger partial charge >= 0.3 is 0 Å². The number of rotatable bonds is 4. The van der Waals surface area contributed by atoms with Crippen molar-refractivity contribution < 1.29 is 5.11 Å². The highest BCUT2D eigenvalue weighted by atomic mass is 32.2. The normalized spacial score (nSPS) is 22.0. The summed E-state index contributed by atoms with van der Waals surface area (Å²) in [6.07, 6.45) is 5.45. The maximum absolute atomic E-state index is 11.0. The fourth-order valence-corrected chi connectivity index (χ4v) is 6.04. The van der Waals surface area contributed by atoms with Gasteiger partial charge in [-0.15, -0.1) is 11.8 Å². The highest BCUT2D eigenvalue weighted by Gasteiger charge is 2.35. The van der Waals surface area contributed by atoms with E-state index < -0.39 is 0 Å². The van der Waals surface area contributed by atoms with Gasteiger partial charge in [-0.3, -0.25) is 0 Å². The molecule has 0 heterocycles. The van der Waals surface area contributed by atoms with E-state index in [2.05, 4.69) is 81.4 Å². The van der Waals surface area contributed by atoms with Crippen LogP contribution in [-0.4, -0.2) is 9.85 Å². The summed E-state index contributed by atoms with van der Waals surface area (Å²) >= 11 is 2.02. The summed E-state index contributed by atoms with van der Waals surface area (Å²) in [6.45, 7) is 22.8. The van der Waals surface area contributed by atoms with E-state index in [4.69, 9.17) is 0 Å². The molecule has 1 aliphatic rings. The van der Waals surface area contributed by atoms with Gasteiger partial charge in [-0.25, -0.2) is 0 Å². The third-order valence-corrected chi connectivity index (χ3v) is 8.11. The zero-order valence-electron chi connectivity index (χ0n) is 20.1. The van der Waals surface area contributed by atoms with Crippen LogP contribution >= 0.6 is 11.8 Å². The van der Waals surface area contributed by atoms with Crippen LogP contribution in [0.5, 0.6) is 5.75 Å². The molecular weight excluding hydrogens is 360 g/mol. The molecule has 0 aromatic heterocycles. The van der Waals surface area contributed by atoms with Crippen molar-refractivity contribution >= 4 is 11.8 Å². The van der Waals surface area contributed by atoms with E-state index in [-0.39, 0.29) is 15.6 Å². The Labute approximate surface area is 179 Å². The van der Waals surface area contributed by atoms with Gasteiger partial charge in [0.25, 0.3) is 0 Å². The zero-order chi connectivity index (χ0) is 21.5. The lowest BCUT2D eigenvalue weighted by Gasteiger charge is -2.40. The van der Waals surface area contributed by atoms with Crippen molar-refractivity contribution in [3.8, 4) is 5.75 Å². The maximum Gasteiger partial charge on any atom is 0.123 e. The number of thioether (sulfide) groups is 1. The summed E-state index contributed by atoms with van der Waals surface area (Å²) in [5, 5.41) is 11.0. The molecular formula is C26H44OS. The van der Waals surface area contributed by atoms with Crippen LogP contribution in [0.25, 0.3) is 0 Å². The summed E-state index contributed by atoms with van der Waals surface area (Å²) in [5.74, 6) is 2.97. The molecule has 0 unspecified atom stereocenters. The van der Waals surface area contributed by atoms with Crippen molar-refractivity contribution in [2.75, 3.05) is 0 Å². The molecule has 0 atom stereocenters. The van der Waals surface area contributed by atoms with E-state index in [1.54, 1.807) is 0 Å². The molecule has 0 aliphatic heterocycles. The monoisotopic (exact) mass is 404 g/mol. The van der Waals surface area contributed by atoms with Gasteiger partial charge in [-0.05, 0) is 66.4 Å². The maximum atomic E-state index is 11.0. The Balaban J connectivity index is 2.32. The minimum atomic E-state index is -0.0693. The second-order valence-electron chi connectivity index (χ2n) is 11.9. The number of phenols is 1. The number of hydrogen-bond donors (Lipinski definition) is 1. The van der Waals surface area contributed by atoms with Gasteiger partial charge in [0, 0.05) is 20.8 Å². The Kier molecular flexibility index (Phi) is 6.96. The summed E-state index contributed by atoms with van der Waals surface area (Å²) in [5.41, 5.74) is 2.00. The van der Waals surface area contributed by atoms with Gasteiger partial charge < -0.3 is 5.11 Å². The van der Waals surface area contributed by atoms with Gasteiger partial charge in [-0.1, -0.05) is 69.2 Å². The van der Waals surface area contributed by atoms with Crippen molar-refractivity contribution in [3.05, 3.63) is 23.3 Å². The first kappa shape index (κ1) is 23.6. The third-order valence-electron chi connectivity index (χ3n) is 6.78. The molecule has 1 aromatic carbocycles. The van der Waals surface area contributed by atoms with Gasteiger partial charge in [-0.2, -0.15) is 0 Å². The molecule has 1 saturated carbocycles. The minimum Gasteiger partial charge on any atom is -0.507 e. The largest absolute Gasteiger partial charge is 0.507 e. The van der Waals surface area contributed by atoms with Gasteiger partial charge in [0.05, 0.1) is 0 Å². The Morgan fingerprint density at radius 2 is 1.25 bits per heavy atom. The molecule has 28 heavy (non-hydrogen) atoms. The molecule has 1 aromatic rings. The van der Waals surface area contributed by atoms with Gasteiger partial charge in [0.1, 0.15) is 5.75 Å². The number of phenolic OH excluding ortho intramolecular Hbond substituents is 1. The molecule has 160 valence electrons. The quantitative estimate of drug-likeness (QED) is 0.509. The van der Waals surface area contributed by atoms with E-state index in [1.807, 2.05) is 11.8 Å². The van der Waals surface area contributed by atoms with Crippen LogP contribution in [0.4, 0.5) is 0 Å². The molecule has 0 amide bonds. The zero-order valence-corrected chi connectivity index (χ0v) is 20.9. The number of aromatic hydroxyl groups is 1. The van der Waals surface area contributed by atoms with E-state index in [0.29, 0.717) is 5.75 Å². The lowest BCUT2D eigenvalue weighted by molar-refractivity contribution is 0.202. The van der Waals surface area contributed by atoms with Crippen molar-refractivity contribution in [1.29, 1.82) is 0 Å². The molecule has 2 heteroatoms. The summed E-state index contributed by atoms with van der Waals surface area (Å²) in [4.78, 5) is 1.31. The fraction of sp³-hybridized carbons (Fsp3) is 0.769. The average Bonchev–Trinajstić information content (AvgIpc) is 2.54. The third kappa shape index (κ3) is 5.49. The molecule has 1 aliphatic carbocycles. The SMILES string of the molecule is CC(C)C1CCC(C(C)(C)Sc2cc(C(C)(C)C)c(O)c(C(C)(C)C)c2)CC1. The molecule has 0 radical (unpaired) electrons. The standard InChI is InChI=1S/C26H44OS/c1-17(2)18-11-13-19(14-12-18)26(9,10)28-20-15-21(24(3,4)5)23(27)22(16-20)25(6,7)8/h15-19,27H,11-14H2,1-10H3. The topological polar surface area (TPSA) is 20.2 Å². The molecule has 1 nitrogen and oxygen atoms in total. The van der Waals surface area contributed by atoms with E-state index in [0.717, 1.165) is 28.9 Å². The molecule has 1 N–H and O–H groups in total. The Morgan fingerprint density at radius 3 is 1.61 bits per heavy atom. The van der Waals surface area contributed by atoms with Crippen molar-refractivity contribution in [3.63, 3.8) is 0 Å². The Morgan fingerprint density at radius 1 is 0.821 bits per heavy atom. The van der Waals surface area contributed by atoms with Gasteiger partial charge in [0.2, 0.25) is 0 Å². The Bertz CT molecular complexity index is 630. The van der Waals surface area contributed by atoms with Crippen LogP contribution in [0.2, 0.25) is 0 Å². The van der Waals surface area contributed by atoms with Crippen LogP contribution in [-0.2, 0) is 10.8 Å². The predicted octanol–water partition coefficient (Wildman–Crippen LogP) is 8.32. The lowest BCUT2D eigenvalue weighted by atomic mass is 9.73. The lowest BCUT2D eigenvalue weighted by Crippen LogP contribution is -2.32. The van der Waals surface area contributed by atoms with Crippen molar-refractivity contribution in [2.24, 2.45) is 17.8 Å². The van der Waals surface area contributed by atoms with E-state index >= 15 is 0 Å². The highest BCUT2D eigenvalue weighted by molar-refractivity contribution is 8.00. The molecule has 0 saturated heterocycles. The second-order valence-corrected chi connectivity index (χ2v) is 13.7. The molecule has 0 spiro atoms. The first-order valence-corrected chi connectivity index (χ1v) is 12.0. The first-order valence-electron chi connectivity index (χ1n) is 11.2. The second kappa shape index (κ2) is 8.25. The predicted molar refractivity (Wildman–Crippen MR) is 126 cm³/mol. The van der Waals surface area contributed by atoms with E-state index in [9.17, 15) is 5.11 Å². The van der Waals surface area contributed by atoms with Crippen molar-refractivity contribution in [1.82, 2.24) is 0 Å². The van der Waals surface area contributed by atoms with Crippen molar-refractivity contribution in [2.45, 2.75) is 115 Å². The first-order chi connectivity index (χ1) is 12.6. The highest BCUT2D eigenvalue weighted by Crippen LogP contribution is 2.49. The number of hydrogen-bond acceptors (Lipinski definition) is 2. The smallest absolute Gasteiger partial charge is 0.123 e. The molecule has 1 fully saturated rings. The minimum absolute atomic E-state index is 0.0693. The van der Waals surface area contributed by atoms with Crippen LogP contribution in [0.1, 0.15) is 106 Å². The Hall–Kier alpha value is -0.630. The fourth-order valence-electron chi connectivity index (χ4n) is 4.68. The summed E-state index contributed by atoms with van der Waals surface area (Å²) in [7, 11) is 0. The molecule has 2 rings (SSSR count). The number of benzene rings is 1. The molecule has 0 bridgehead atoms. The van der Waals surface area contributed by atoms with Gasteiger partial charge in [0.15, 0.2) is 0 Å². The summed E-state index contributed by atoms with van der Waals surface area (Å²) < 4.78 is 0.212. The average molecular weight is 405 g/mol.